The minimum absolute atomic E-state index is 0.337. The number of amides is 1. The van der Waals surface area contributed by atoms with Gasteiger partial charge in [-0.15, -0.1) is 5.10 Å². The number of nitrogens with one attached hydrogen (secondary N) is 2. The first-order chi connectivity index (χ1) is 10.8. The number of carbonyl (C=O) groups is 1. The Morgan fingerprint density at radius 2 is 2.13 bits per heavy atom. The molecule has 130 valence electrons. The molecular formula is C16H29N5O2. The maximum Gasteiger partial charge on any atom is 0.407 e. The predicted octanol–water partition coefficient (Wildman–Crippen LogP) is 1.99. The van der Waals surface area contributed by atoms with Crippen molar-refractivity contribution in [3.63, 3.8) is 0 Å². The standard InChI is InChI=1S/C16H29N5O2/c1-16(2,3)23-15(22)18-9-12-7-5-6-8-14(12)17-10-13-11-21(4)20-19-13/h11-12,14,17H,5-10H2,1-4H3,(H,18,22). The second-order valence-corrected chi connectivity index (χ2v) is 7.30. The van der Waals surface area contributed by atoms with Crippen LogP contribution in [0, 0.1) is 5.92 Å². The van der Waals surface area contributed by atoms with Crippen molar-refractivity contribution in [2.45, 2.75) is 64.6 Å². The van der Waals surface area contributed by atoms with Crippen LogP contribution in [0.15, 0.2) is 6.20 Å². The highest BCUT2D eigenvalue weighted by molar-refractivity contribution is 5.67. The van der Waals surface area contributed by atoms with Gasteiger partial charge in [0.1, 0.15) is 5.60 Å². The highest BCUT2D eigenvalue weighted by Crippen LogP contribution is 2.24. The van der Waals surface area contributed by atoms with E-state index in [-0.39, 0.29) is 6.09 Å². The van der Waals surface area contributed by atoms with Crippen molar-refractivity contribution in [1.82, 2.24) is 25.6 Å². The van der Waals surface area contributed by atoms with E-state index in [4.69, 9.17) is 4.74 Å². The summed E-state index contributed by atoms with van der Waals surface area (Å²) in [5.74, 6) is 0.424. The Labute approximate surface area is 138 Å². The summed E-state index contributed by atoms with van der Waals surface area (Å²) in [4.78, 5) is 11.8. The Balaban J connectivity index is 1.79. The average molecular weight is 323 g/mol. The van der Waals surface area contributed by atoms with Gasteiger partial charge < -0.3 is 15.4 Å². The van der Waals surface area contributed by atoms with Crippen molar-refractivity contribution < 1.29 is 9.53 Å². The van der Waals surface area contributed by atoms with Crippen LogP contribution in [0.2, 0.25) is 0 Å². The van der Waals surface area contributed by atoms with Gasteiger partial charge in [-0.3, -0.25) is 4.68 Å². The van der Waals surface area contributed by atoms with Crippen LogP contribution in [-0.4, -0.2) is 39.3 Å². The second kappa shape index (κ2) is 7.77. The molecule has 0 bridgehead atoms. The fraction of sp³-hybridized carbons (Fsp3) is 0.812. The Bertz CT molecular complexity index is 509. The summed E-state index contributed by atoms with van der Waals surface area (Å²) in [6.07, 6.45) is 6.26. The number of aryl methyl sites for hydroxylation is 1. The van der Waals surface area contributed by atoms with E-state index < -0.39 is 5.60 Å². The first-order valence-corrected chi connectivity index (χ1v) is 8.39. The molecule has 2 rings (SSSR count). The van der Waals surface area contributed by atoms with Crippen LogP contribution in [-0.2, 0) is 18.3 Å². The highest BCUT2D eigenvalue weighted by atomic mass is 16.6. The molecule has 23 heavy (non-hydrogen) atoms. The van der Waals surface area contributed by atoms with Gasteiger partial charge in [0.15, 0.2) is 0 Å². The van der Waals surface area contributed by atoms with Crippen molar-refractivity contribution in [1.29, 1.82) is 0 Å². The van der Waals surface area contributed by atoms with Gasteiger partial charge in [0.05, 0.1) is 5.69 Å². The fourth-order valence-corrected chi connectivity index (χ4v) is 2.96. The molecule has 2 unspecified atom stereocenters. The molecule has 0 aromatic carbocycles. The van der Waals surface area contributed by atoms with Crippen LogP contribution >= 0.6 is 0 Å². The van der Waals surface area contributed by atoms with Crippen LogP contribution in [0.5, 0.6) is 0 Å². The minimum atomic E-state index is -0.458. The molecule has 1 aliphatic rings. The number of ether oxygens (including phenoxy) is 1. The van der Waals surface area contributed by atoms with Crippen molar-refractivity contribution >= 4 is 6.09 Å². The molecule has 1 aliphatic carbocycles. The van der Waals surface area contributed by atoms with Crippen molar-refractivity contribution in [2.75, 3.05) is 6.54 Å². The van der Waals surface area contributed by atoms with Crippen molar-refractivity contribution in [2.24, 2.45) is 13.0 Å². The molecule has 1 aromatic rings. The zero-order chi connectivity index (χ0) is 16.9. The molecule has 1 saturated carbocycles. The lowest BCUT2D eigenvalue weighted by molar-refractivity contribution is 0.0510. The van der Waals surface area contributed by atoms with Gasteiger partial charge in [0.25, 0.3) is 0 Å². The zero-order valence-corrected chi connectivity index (χ0v) is 14.6. The molecule has 0 aliphatic heterocycles. The van der Waals surface area contributed by atoms with E-state index in [1.54, 1.807) is 4.68 Å². The van der Waals surface area contributed by atoms with Gasteiger partial charge in [0, 0.05) is 32.4 Å². The molecule has 0 spiro atoms. The second-order valence-electron chi connectivity index (χ2n) is 7.30. The van der Waals surface area contributed by atoms with Gasteiger partial charge in [-0.25, -0.2) is 4.79 Å². The molecule has 0 saturated heterocycles. The van der Waals surface area contributed by atoms with E-state index in [1.807, 2.05) is 34.0 Å². The summed E-state index contributed by atoms with van der Waals surface area (Å²) in [5.41, 5.74) is 0.484. The first kappa shape index (κ1) is 17.7. The van der Waals surface area contributed by atoms with Gasteiger partial charge in [-0.05, 0) is 39.5 Å². The van der Waals surface area contributed by atoms with E-state index in [2.05, 4.69) is 20.9 Å². The average Bonchev–Trinajstić information content (AvgIpc) is 2.87. The van der Waals surface area contributed by atoms with Gasteiger partial charge in [-0.1, -0.05) is 18.1 Å². The van der Waals surface area contributed by atoms with E-state index in [1.165, 1.54) is 12.8 Å². The molecule has 1 fully saturated rings. The monoisotopic (exact) mass is 323 g/mol. The number of alkyl carbamates (subject to hydrolysis) is 1. The number of rotatable bonds is 5. The predicted molar refractivity (Wildman–Crippen MR) is 87.8 cm³/mol. The number of carbonyl (C=O) groups excluding carboxylic acids is 1. The summed E-state index contributed by atoms with van der Waals surface area (Å²) in [6, 6.07) is 0.390. The Hall–Kier alpha value is -1.63. The number of aromatic nitrogens is 3. The molecule has 7 heteroatoms. The quantitative estimate of drug-likeness (QED) is 0.866. The lowest BCUT2D eigenvalue weighted by Crippen LogP contribution is -2.44. The molecule has 2 atom stereocenters. The van der Waals surface area contributed by atoms with Crippen LogP contribution in [0.4, 0.5) is 4.79 Å². The topological polar surface area (TPSA) is 81.1 Å². The number of nitrogens with zero attached hydrogens (tertiary/aromatic N) is 3. The van der Waals surface area contributed by atoms with Crippen molar-refractivity contribution in [3.05, 3.63) is 11.9 Å². The molecule has 2 N–H and O–H groups in total. The maximum atomic E-state index is 11.8. The highest BCUT2D eigenvalue weighted by Gasteiger charge is 2.26. The maximum absolute atomic E-state index is 11.8. The van der Waals surface area contributed by atoms with E-state index >= 15 is 0 Å². The smallest absolute Gasteiger partial charge is 0.407 e. The normalized spacial score (nSPS) is 21.9. The van der Waals surface area contributed by atoms with Crippen LogP contribution in [0.3, 0.4) is 0 Å². The van der Waals surface area contributed by atoms with Crippen molar-refractivity contribution in [3.8, 4) is 0 Å². The van der Waals surface area contributed by atoms with Gasteiger partial charge in [0.2, 0.25) is 0 Å². The van der Waals surface area contributed by atoms with Gasteiger partial charge >= 0.3 is 6.09 Å². The molecule has 1 heterocycles. The Morgan fingerprint density at radius 3 is 2.78 bits per heavy atom. The first-order valence-electron chi connectivity index (χ1n) is 8.39. The Kier molecular flexibility index (Phi) is 5.98. The minimum Gasteiger partial charge on any atom is -0.444 e. The van der Waals surface area contributed by atoms with Crippen LogP contribution in [0.1, 0.15) is 52.1 Å². The molecule has 1 amide bonds. The largest absolute Gasteiger partial charge is 0.444 e. The third kappa shape index (κ3) is 6.17. The van der Waals surface area contributed by atoms with Crippen LogP contribution in [0.25, 0.3) is 0 Å². The Morgan fingerprint density at radius 1 is 1.39 bits per heavy atom. The fourth-order valence-electron chi connectivity index (χ4n) is 2.96. The zero-order valence-electron chi connectivity index (χ0n) is 14.6. The summed E-state index contributed by atoms with van der Waals surface area (Å²) < 4.78 is 7.01. The molecule has 7 nitrogen and oxygen atoms in total. The summed E-state index contributed by atoms with van der Waals surface area (Å²) in [5, 5.41) is 14.5. The molecular weight excluding hydrogens is 294 g/mol. The summed E-state index contributed by atoms with van der Waals surface area (Å²) in [7, 11) is 1.87. The third-order valence-electron chi connectivity index (χ3n) is 4.01. The SMILES string of the molecule is Cn1cc(CNC2CCCCC2CNC(=O)OC(C)(C)C)nn1. The van der Waals surface area contributed by atoms with Gasteiger partial charge in [-0.2, -0.15) is 0 Å². The van der Waals surface area contributed by atoms with Crippen LogP contribution < -0.4 is 10.6 Å². The lowest BCUT2D eigenvalue weighted by atomic mass is 9.84. The summed E-state index contributed by atoms with van der Waals surface area (Å²) >= 11 is 0. The number of hydrogen-bond acceptors (Lipinski definition) is 5. The number of hydrogen-bond donors (Lipinski definition) is 2. The molecule has 1 aromatic heterocycles. The molecule has 0 radical (unpaired) electrons. The van der Waals surface area contributed by atoms with E-state index in [0.29, 0.717) is 25.0 Å². The summed E-state index contributed by atoms with van der Waals surface area (Å²) in [6.45, 7) is 6.98. The third-order valence-corrected chi connectivity index (χ3v) is 4.01. The van der Waals surface area contributed by atoms with E-state index in [9.17, 15) is 4.79 Å². The van der Waals surface area contributed by atoms with E-state index in [0.717, 1.165) is 18.5 Å². The lowest BCUT2D eigenvalue weighted by Gasteiger charge is -2.32.